The van der Waals surface area contributed by atoms with Crippen molar-refractivity contribution in [1.29, 1.82) is 0 Å². The normalized spacial score (nSPS) is 15.2. The molecule has 2 amide bonds. The highest BCUT2D eigenvalue weighted by atomic mass is 19.1. The third kappa shape index (κ3) is 2.15. The van der Waals surface area contributed by atoms with Crippen LogP contribution in [0.15, 0.2) is 18.2 Å². The number of hydrogen-bond donors (Lipinski definition) is 1. The summed E-state index contributed by atoms with van der Waals surface area (Å²) < 4.78 is 13.6. The van der Waals surface area contributed by atoms with E-state index in [-0.39, 0.29) is 17.5 Å². The first kappa shape index (κ1) is 10.9. The van der Waals surface area contributed by atoms with Crippen molar-refractivity contribution in [3.8, 4) is 0 Å². The molecular formula is C12H15FN2O. The van der Waals surface area contributed by atoms with Crippen molar-refractivity contribution in [3.05, 3.63) is 29.6 Å². The Morgan fingerprint density at radius 2 is 2.06 bits per heavy atom. The molecule has 1 aromatic rings. The van der Waals surface area contributed by atoms with Gasteiger partial charge in [0.15, 0.2) is 0 Å². The number of likely N-dealkylation sites (tertiary alicyclic amines) is 1. The van der Waals surface area contributed by atoms with Crippen LogP contribution in [0.3, 0.4) is 0 Å². The third-order valence-electron chi connectivity index (χ3n) is 2.83. The minimum atomic E-state index is -0.352. The Morgan fingerprint density at radius 3 is 2.75 bits per heavy atom. The molecule has 1 heterocycles. The van der Waals surface area contributed by atoms with Crippen LogP contribution in [-0.2, 0) is 0 Å². The van der Waals surface area contributed by atoms with E-state index in [0.29, 0.717) is 5.56 Å². The van der Waals surface area contributed by atoms with E-state index in [2.05, 4.69) is 5.32 Å². The fraction of sp³-hybridized carbons (Fsp3) is 0.417. The fourth-order valence-electron chi connectivity index (χ4n) is 1.86. The Hall–Kier alpha value is -1.58. The lowest BCUT2D eigenvalue weighted by Gasteiger charge is -2.16. The molecule has 0 aliphatic carbocycles. The standard InChI is InChI=1S/C12H15FN2O/c1-9-5-4-6-10(11(9)13)14-12(16)15-7-2-3-8-15/h4-6H,2-3,7-8H2,1H3,(H,14,16). The molecule has 0 saturated carbocycles. The van der Waals surface area contributed by atoms with Gasteiger partial charge >= 0.3 is 6.03 Å². The van der Waals surface area contributed by atoms with Crippen molar-refractivity contribution in [2.24, 2.45) is 0 Å². The maximum atomic E-state index is 13.6. The molecule has 0 bridgehead atoms. The van der Waals surface area contributed by atoms with Crippen molar-refractivity contribution in [2.45, 2.75) is 19.8 Å². The van der Waals surface area contributed by atoms with E-state index in [1.165, 1.54) is 0 Å². The number of nitrogens with zero attached hydrogens (tertiary/aromatic N) is 1. The number of amides is 2. The number of carbonyl (C=O) groups is 1. The minimum Gasteiger partial charge on any atom is -0.325 e. The molecule has 0 spiro atoms. The molecule has 2 rings (SSSR count). The summed E-state index contributed by atoms with van der Waals surface area (Å²) in [6, 6.07) is 4.79. The van der Waals surface area contributed by atoms with Gasteiger partial charge in [-0.15, -0.1) is 0 Å². The number of benzene rings is 1. The lowest BCUT2D eigenvalue weighted by atomic mass is 10.2. The number of halogens is 1. The van der Waals surface area contributed by atoms with Gasteiger partial charge in [0.05, 0.1) is 5.69 Å². The van der Waals surface area contributed by atoms with Gasteiger partial charge in [0.1, 0.15) is 5.82 Å². The molecule has 0 atom stereocenters. The second-order valence-electron chi connectivity index (χ2n) is 4.06. The Morgan fingerprint density at radius 1 is 1.38 bits per heavy atom. The quantitative estimate of drug-likeness (QED) is 0.778. The summed E-state index contributed by atoms with van der Waals surface area (Å²) in [6.07, 6.45) is 2.06. The Labute approximate surface area is 94.3 Å². The van der Waals surface area contributed by atoms with Crippen LogP contribution >= 0.6 is 0 Å². The number of rotatable bonds is 1. The molecule has 1 saturated heterocycles. The maximum Gasteiger partial charge on any atom is 0.321 e. The topological polar surface area (TPSA) is 32.3 Å². The van der Waals surface area contributed by atoms with Gasteiger partial charge in [0.25, 0.3) is 0 Å². The average molecular weight is 222 g/mol. The summed E-state index contributed by atoms with van der Waals surface area (Å²) >= 11 is 0. The van der Waals surface area contributed by atoms with Crippen LogP contribution in [0.1, 0.15) is 18.4 Å². The second kappa shape index (κ2) is 4.51. The predicted octanol–water partition coefficient (Wildman–Crippen LogP) is 2.76. The molecule has 1 aliphatic heterocycles. The molecule has 1 aliphatic rings. The number of carbonyl (C=O) groups excluding carboxylic acids is 1. The molecule has 4 heteroatoms. The first-order valence-corrected chi connectivity index (χ1v) is 5.49. The molecule has 16 heavy (non-hydrogen) atoms. The van der Waals surface area contributed by atoms with E-state index >= 15 is 0 Å². The maximum absolute atomic E-state index is 13.6. The van der Waals surface area contributed by atoms with E-state index in [1.54, 1.807) is 30.0 Å². The summed E-state index contributed by atoms with van der Waals surface area (Å²) in [5, 5.41) is 2.60. The molecule has 0 aromatic heterocycles. The number of nitrogens with one attached hydrogen (secondary N) is 1. The minimum absolute atomic E-state index is 0.206. The molecule has 1 N–H and O–H groups in total. The highest BCUT2D eigenvalue weighted by molar-refractivity contribution is 5.89. The summed E-state index contributed by atoms with van der Waals surface area (Å²) in [4.78, 5) is 13.4. The summed E-state index contributed by atoms with van der Waals surface area (Å²) in [5.41, 5.74) is 0.802. The zero-order valence-electron chi connectivity index (χ0n) is 9.29. The van der Waals surface area contributed by atoms with Crippen molar-refractivity contribution < 1.29 is 9.18 Å². The van der Waals surface area contributed by atoms with Crippen molar-refractivity contribution >= 4 is 11.7 Å². The first-order chi connectivity index (χ1) is 7.68. The van der Waals surface area contributed by atoms with Crippen LogP contribution in [0.4, 0.5) is 14.9 Å². The lowest BCUT2D eigenvalue weighted by molar-refractivity contribution is 0.222. The molecule has 0 unspecified atom stereocenters. The van der Waals surface area contributed by atoms with Gasteiger partial charge in [-0.1, -0.05) is 12.1 Å². The van der Waals surface area contributed by atoms with Crippen LogP contribution in [0.25, 0.3) is 0 Å². The summed E-state index contributed by atoms with van der Waals surface area (Å²) in [6.45, 7) is 3.21. The van der Waals surface area contributed by atoms with Crippen LogP contribution < -0.4 is 5.32 Å². The van der Waals surface area contributed by atoms with Gasteiger partial charge < -0.3 is 10.2 Å². The van der Waals surface area contributed by atoms with Gasteiger partial charge in [-0.05, 0) is 31.4 Å². The van der Waals surface area contributed by atoms with Crippen LogP contribution in [-0.4, -0.2) is 24.0 Å². The van der Waals surface area contributed by atoms with E-state index in [4.69, 9.17) is 0 Å². The SMILES string of the molecule is Cc1cccc(NC(=O)N2CCCC2)c1F. The number of urea groups is 1. The molecular weight excluding hydrogens is 207 g/mol. The van der Waals surface area contributed by atoms with E-state index in [1.807, 2.05) is 0 Å². The predicted molar refractivity (Wildman–Crippen MR) is 61.0 cm³/mol. The zero-order chi connectivity index (χ0) is 11.5. The lowest BCUT2D eigenvalue weighted by Crippen LogP contribution is -2.32. The summed E-state index contributed by atoms with van der Waals surface area (Å²) in [7, 11) is 0. The average Bonchev–Trinajstić information content (AvgIpc) is 2.78. The molecule has 3 nitrogen and oxygen atoms in total. The van der Waals surface area contributed by atoms with E-state index in [9.17, 15) is 9.18 Å². The molecule has 0 radical (unpaired) electrons. The number of anilines is 1. The van der Waals surface area contributed by atoms with Crippen molar-refractivity contribution in [3.63, 3.8) is 0 Å². The first-order valence-electron chi connectivity index (χ1n) is 5.49. The highest BCUT2D eigenvalue weighted by Gasteiger charge is 2.18. The van der Waals surface area contributed by atoms with Gasteiger partial charge in [0.2, 0.25) is 0 Å². The van der Waals surface area contributed by atoms with Gasteiger partial charge in [-0.2, -0.15) is 0 Å². The number of aryl methyl sites for hydroxylation is 1. The van der Waals surface area contributed by atoms with E-state index < -0.39 is 0 Å². The number of hydrogen-bond acceptors (Lipinski definition) is 1. The fourth-order valence-corrected chi connectivity index (χ4v) is 1.86. The highest BCUT2D eigenvalue weighted by Crippen LogP contribution is 2.18. The monoisotopic (exact) mass is 222 g/mol. The third-order valence-corrected chi connectivity index (χ3v) is 2.83. The van der Waals surface area contributed by atoms with E-state index in [0.717, 1.165) is 25.9 Å². The van der Waals surface area contributed by atoms with Crippen LogP contribution in [0, 0.1) is 12.7 Å². The molecule has 86 valence electrons. The zero-order valence-corrected chi connectivity index (χ0v) is 9.29. The van der Waals surface area contributed by atoms with Crippen LogP contribution in [0.2, 0.25) is 0 Å². The van der Waals surface area contributed by atoms with Crippen molar-refractivity contribution in [2.75, 3.05) is 18.4 Å². The van der Waals surface area contributed by atoms with Crippen molar-refractivity contribution in [1.82, 2.24) is 4.90 Å². The van der Waals surface area contributed by atoms with Gasteiger partial charge in [-0.3, -0.25) is 0 Å². The van der Waals surface area contributed by atoms with Gasteiger partial charge in [-0.25, -0.2) is 9.18 Å². The Bertz CT molecular complexity index is 400. The Kier molecular flexibility index (Phi) is 3.08. The summed E-state index contributed by atoms with van der Waals surface area (Å²) in [5.74, 6) is -0.352. The molecule has 1 fully saturated rings. The van der Waals surface area contributed by atoms with Gasteiger partial charge in [0, 0.05) is 13.1 Å². The molecule has 1 aromatic carbocycles. The Balaban J connectivity index is 2.08. The largest absolute Gasteiger partial charge is 0.325 e. The second-order valence-corrected chi connectivity index (χ2v) is 4.06. The smallest absolute Gasteiger partial charge is 0.321 e. The van der Waals surface area contributed by atoms with Crippen LogP contribution in [0.5, 0.6) is 0 Å².